The monoisotopic (exact) mass is 505 g/mol. The highest BCUT2D eigenvalue weighted by molar-refractivity contribution is 6.30. The molecule has 4 aromatic rings. The Balaban J connectivity index is 1.92. The number of aryl methyl sites for hydroxylation is 2. The van der Waals surface area contributed by atoms with Gasteiger partial charge in [0.15, 0.2) is 5.69 Å². The van der Waals surface area contributed by atoms with Gasteiger partial charge >= 0.3 is 6.18 Å². The highest BCUT2D eigenvalue weighted by atomic mass is 35.5. The van der Waals surface area contributed by atoms with Crippen molar-refractivity contribution < 1.29 is 22.4 Å². The van der Waals surface area contributed by atoms with Crippen molar-refractivity contribution in [2.75, 3.05) is 11.1 Å². The van der Waals surface area contributed by atoms with E-state index in [9.17, 15) is 27.2 Å². The van der Waals surface area contributed by atoms with E-state index >= 15 is 0 Å². The largest absolute Gasteiger partial charge is 0.433 e. The van der Waals surface area contributed by atoms with E-state index < -0.39 is 40.4 Å². The number of amides is 1. The van der Waals surface area contributed by atoms with E-state index in [1.54, 1.807) is 19.9 Å². The lowest BCUT2D eigenvalue weighted by Gasteiger charge is -2.15. The number of hydrogen-bond donors (Lipinski definition) is 2. The van der Waals surface area contributed by atoms with E-state index in [0.29, 0.717) is 6.07 Å². The van der Waals surface area contributed by atoms with Crippen LogP contribution < -0.4 is 16.5 Å². The average Bonchev–Trinajstić information content (AvgIpc) is 2.76. The zero-order valence-electron chi connectivity index (χ0n) is 18.2. The molecule has 180 valence electrons. The van der Waals surface area contributed by atoms with Crippen LogP contribution in [0.4, 0.5) is 28.9 Å². The number of hydrogen-bond acceptors (Lipinski definition) is 5. The van der Waals surface area contributed by atoms with E-state index in [2.05, 4.69) is 15.4 Å². The van der Waals surface area contributed by atoms with Crippen LogP contribution in [0.15, 0.2) is 47.4 Å². The average molecular weight is 506 g/mol. The summed E-state index contributed by atoms with van der Waals surface area (Å²) in [4.78, 5) is 29.4. The second-order valence-electron chi connectivity index (χ2n) is 7.75. The van der Waals surface area contributed by atoms with Crippen LogP contribution in [-0.4, -0.2) is 20.7 Å². The zero-order chi connectivity index (χ0) is 25.7. The normalized spacial score (nSPS) is 11.6. The summed E-state index contributed by atoms with van der Waals surface area (Å²) < 4.78 is 55.0. The molecule has 0 saturated carbocycles. The molecule has 0 atom stereocenters. The molecule has 0 aliphatic carbocycles. The van der Waals surface area contributed by atoms with Gasteiger partial charge < -0.3 is 11.1 Å². The summed E-state index contributed by atoms with van der Waals surface area (Å²) in [7, 11) is 0. The third-order valence-corrected chi connectivity index (χ3v) is 5.56. The van der Waals surface area contributed by atoms with E-state index in [1.807, 2.05) is 0 Å². The first kappa shape index (κ1) is 24.1. The van der Waals surface area contributed by atoms with Crippen molar-refractivity contribution >= 4 is 39.8 Å². The summed E-state index contributed by atoms with van der Waals surface area (Å²) in [6.45, 7) is 3.53. The molecule has 3 N–H and O–H groups in total. The molecule has 0 bridgehead atoms. The fraction of sp³-hybridized carbons (Fsp3) is 0.130. The molecule has 35 heavy (non-hydrogen) atoms. The molecule has 0 aliphatic heterocycles. The Morgan fingerprint density at radius 3 is 2.46 bits per heavy atom. The number of alkyl halides is 3. The standard InChI is InChI=1S/C23H16ClF4N5O2/c1-10-5-13-18(6-11(10)2)33(17-4-3-12(24)7-14(17)25)32-20(21(13)34)22(35)31-16-8-19(23(26,27)28)30-9-15(16)29/h3-9H,29H2,1-2H3,(H,30,31,35). The number of rotatable bonds is 3. The number of nitrogens with one attached hydrogen (secondary N) is 1. The van der Waals surface area contributed by atoms with Gasteiger partial charge in [0.1, 0.15) is 17.2 Å². The van der Waals surface area contributed by atoms with Gasteiger partial charge in [0.05, 0.1) is 28.5 Å². The van der Waals surface area contributed by atoms with E-state index in [0.717, 1.165) is 28.1 Å². The SMILES string of the molecule is Cc1cc2c(=O)c(C(=O)Nc3cc(C(F)(F)F)ncc3N)nn(-c3ccc(Cl)cc3F)c2cc1C. The Morgan fingerprint density at radius 1 is 1.11 bits per heavy atom. The lowest BCUT2D eigenvalue weighted by molar-refractivity contribution is -0.141. The summed E-state index contributed by atoms with van der Waals surface area (Å²) in [5.41, 5.74) is 3.85. The van der Waals surface area contributed by atoms with Gasteiger partial charge in [0, 0.05) is 5.02 Å². The fourth-order valence-electron chi connectivity index (χ4n) is 3.38. The number of nitrogens with two attached hydrogens (primary N) is 1. The molecule has 2 heterocycles. The molecule has 1 amide bonds. The van der Waals surface area contributed by atoms with Gasteiger partial charge in [-0.1, -0.05) is 11.6 Å². The van der Waals surface area contributed by atoms with E-state index in [-0.39, 0.29) is 27.3 Å². The van der Waals surface area contributed by atoms with Gasteiger partial charge in [-0.3, -0.25) is 9.59 Å². The molecule has 2 aromatic heterocycles. The molecule has 7 nitrogen and oxygen atoms in total. The Bertz CT molecular complexity index is 1570. The van der Waals surface area contributed by atoms with Gasteiger partial charge in [-0.2, -0.15) is 18.3 Å². The van der Waals surface area contributed by atoms with Crippen LogP contribution in [0.25, 0.3) is 16.6 Å². The van der Waals surface area contributed by atoms with Crippen LogP contribution >= 0.6 is 11.6 Å². The van der Waals surface area contributed by atoms with Crippen LogP contribution in [-0.2, 0) is 6.18 Å². The van der Waals surface area contributed by atoms with Gasteiger partial charge in [0.2, 0.25) is 5.43 Å². The van der Waals surface area contributed by atoms with Gasteiger partial charge in [0.25, 0.3) is 5.91 Å². The van der Waals surface area contributed by atoms with Crippen molar-refractivity contribution in [2.24, 2.45) is 0 Å². The summed E-state index contributed by atoms with van der Waals surface area (Å²) in [5.74, 6) is -1.91. The molecule has 0 spiro atoms. The summed E-state index contributed by atoms with van der Waals surface area (Å²) in [6, 6.07) is 7.45. The molecule has 0 aliphatic rings. The topological polar surface area (TPSA) is 103 Å². The summed E-state index contributed by atoms with van der Waals surface area (Å²) in [6.07, 6.45) is -4.05. The number of aromatic nitrogens is 3. The number of pyridine rings is 1. The van der Waals surface area contributed by atoms with Gasteiger partial charge in [-0.05, 0) is 61.4 Å². The van der Waals surface area contributed by atoms with Crippen LogP contribution in [0.2, 0.25) is 5.02 Å². The van der Waals surface area contributed by atoms with Crippen molar-refractivity contribution in [2.45, 2.75) is 20.0 Å². The maximum absolute atomic E-state index is 14.8. The highest BCUT2D eigenvalue weighted by Gasteiger charge is 2.33. The maximum atomic E-state index is 14.8. The molecular weight excluding hydrogens is 490 g/mol. The predicted octanol–water partition coefficient (Wildman–Crippen LogP) is 5.04. The summed E-state index contributed by atoms with van der Waals surface area (Å²) >= 11 is 5.84. The quantitative estimate of drug-likeness (QED) is 0.380. The third kappa shape index (κ3) is 4.54. The van der Waals surface area contributed by atoms with Crippen LogP contribution in [0.5, 0.6) is 0 Å². The molecule has 12 heteroatoms. The number of carbonyl (C=O) groups excluding carboxylic acids is 1. The van der Waals surface area contributed by atoms with Crippen LogP contribution in [0.1, 0.15) is 27.3 Å². The van der Waals surface area contributed by atoms with Gasteiger partial charge in [-0.25, -0.2) is 14.1 Å². The van der Waals surface area contributed by atoms with Crippen molar-refractivity contribution in [3.63, 3.8) is 0 Å². The smallest absolute Gasteiger partial charge is 0.396 e. The second-order valence-corrected chi connectivity index (χ2v) is 8.18. The predicted molar refractivity (Wildman–Crippen MR) is 123 cm³/mol. The molecular formula is C23H16ClF4N5O2. The fourth-order valence-corrected chi connectivity index (χ4v) is 3.54. The minimum absolute atomic E-state index is 0.0567. The van der Waals surface area contributed by atoms with Crippen molar-refractivity contribution in [3.05, 3.63) is 86.2 Å². The number of fused-ring (bicyclic) bond motifs is 1. The van der Waals surface area contributed by atoms with Crippen molar-refractivity contribution in [1.29, 1.82) is 0 Å². The number of halogens is 5. The third-order valence-electron chi connectivity index (χ3n) is 5.33. The Hall–Kier alpha value is -3.99. The molecule has 2 aromatic carbocycles. The van der Waals surface area contributed by atoms with Crippen molar-refractivity contribution in [1.82, 2.24) is 14.8 Å². The molecule has 0 unspecified atom stereocenters. The Kier molecular flexibility index (Phi) is 5.97. The Labute approximate surface area is 200 Å². The lowest BCUT2D eigenvalue weighted by atomic mass is 10.1. The molecule has 0 fully saturated rings. The van der Waals surface area contributed by atoms with E-state index in [4.69, 9.17) is 17.3 Å². The number of anilines is 2. The summed E-state index contributed by atoms with van der Waals surface area (Å²) in [5, 5.41) is 6.41. The number of benzene rings is 2. The second kappa shape index (κ2) is 8.66. The first-order valence-electron chi connectivity index (χ1n) is 10.0. The minimum Gasteiger partial charge on any atom is -0.396 e. The van der Waals surface area contributed by atoms with Crippen LogP contribution in [0.3, 0.4) is 0 Å². The number of carbonyl (C=O) groups is 1. The number of nitrogen functional groups attached to an aromatic ring is 1. The van der Waals surface area contributed by atoms with E-state index in [1.165, 1.54) is 18.2 Å². The van der Waals surface area contributed by atoms with Crippen molar-refractivity contribution in [3.8, 4) is 5.69 Å². The molecule has 4 rings (SSSR count). The van der Waals surface area contributed by atoms with Gasteiger partial charge in [-0.15, -0.1) is 0 Å². The highest BCUT2D eigenvalue weighted by Crippen LogP contribution is 2.31. The van der Waals surface area contributed by atoms with Crippen LogP contribution in [0, 0.1) is 19.7 Å². The lowest BCUT2D eigenvalue weighted by Crippen LogP contribution is -2.27. The molecule has 0 saturated heterocycles. The number of nitrogens with zero attached hydrogens (tertiary/aromatic N) is 3. The Morgan fingerprint density at radius 2 is 1.80 bits per heavy atom. The maximum Gasteiger partial charge on any atom is 0.433 e. The minimum atomic E-state index is -4.79. The zero-order valence-corrected chi connectivity index (χ0v) is 18.9. The molecule has 0 radical (unpaired) electrons. The first-order valence-corrected chi connectivity index (χ1v) is 10.4. The first-order chi connectivity index (χ1) is 16.4.